The Morgan fingerprint density at radius 3 is 2.42 bits per heavy atom. The van der Waals surface area contributed by atoms with Crippen LogP contribution in [0, 0.1) is 68.4 Å². The molecular weight excluding hydrogens is 668 g/mol. The number of carboxylic acids is 1. The van der Waals surface area contributed by atoms with E-state index >= 15 is 0 Å². The largest absolute Gasteiger partial charge is 0.481 e. The topological polar surface area (TPSA) is 112 Å². The van der Waals surface area contributed by atoms with E-state index in [4.69, 9.17) is 25.3 Å². The highest BCUT2D eigenvalue weighted by molar-refractivity contribution is 5.73. The number of rotatable bonds is 9. The molecular formula is C44H65FN4O4. The second-order valence-corrected chi connectivity index (χ2v) is 20.0. The highest BCUT2D eigenvalue weighted by atomic mass is 19.1. The number of ether oxygens (including phenoxy) is 2. The number of carbonyl (C=O) groups is 1. The van der Waals surface area contributed by atoms with Crippen LogP contribution < -0.4 is 5.73 Å². The molecule has 53 heavy (non-hydrogen) atoms. The van der Waals surface area contributed by atoms with Gasteiger partial charge in [0.05, 0.1) is 37.9 Å². The molecule has 8 nitrogen and oxygen atoms in total. The maximum atomic E-state index is 14.1. The van der Waals surface area contributed by atoms with Crippen molar-refractivity contribution in [1.82, 2.24) is 14.8 Å². The molecule has 4 fully saturated rings. The minimum Gasteiger partial charge on any atom is -0.481 e. The molecule has 1 saturated heterocycles. The fraction of sp³-hybridized carbons (Fsp3) is 0.750. The van der Waals surface area contributed by atoms with Crippen molar-refractivity contribution >= 4 is 5.97 Å². The van der Waals surface area contributed by atoms with Crippen molar-refractivity contribution in [1.29, 1.82) is 0 Å². The van der Waals surface area contributed by atoms with Gasteiger partial charge in [-0.2, -0.15) is 5.10 Å². The molecule has 1 aromatic carbocycles. The van der Waals surface area contributed by atoms with Gasteiger partial charge < -0.3 is 20.3 Å². The summed E-state index contributed by atoms with van der Waals surface area (Å²) in [6, 6.07) is 6.31. The number of nitrogens with two attached hydrogens (primary N) is 1. The molecule has 9 heteroatoms. The third-order valence-corrected chi connectivity index (χ3v) is 17.0. The summed E-state index contributed by atoms with van der Waals surface area (Å²) >= 11 is 0. The number of nitrogens with zero attached hydrogens (tertiary/aromatic N) is 3. The molecule has 1 aromatic heterocycles. The number of allylic oxidation sites excluding steroid dienone is 1. The van der Waals surface area contributed by atoms with Gasteiger partial charge in [-0.15, -0.1) is 0 Å². The van der Waals surface area contributed by atoms with Crippen molar-refractivity contribution in [3.05, 3.63) is 48.1 Å². The fourth-order valence-corrected chi connectivity index (χ4v) is 12.9. The Hall–Kier alpha value is -2.62. The fourth-order valence-electron chi connectivity index (χ4n) is 12.9. The zero-order chi connectivity index (χ0) is 38.5. The van der Waals surface area contributed by atoms with E-state index < -0.39 is 22.8 Å². The van der Waals surface area contributed by atoms with E-state index in [1.54, 1.807) is 18.5 Å². The van der Waals surface area contributed by atoms with Gasteiger partial charge in [-0.3, -0.25) is 4.79 Å². The number of aliphatic carboxylic acids is 1. The quantitative estimate of drug-likeness (QED) is 0.248. The lowest BCUT2D eigenvalue weighted by Gasteiger charge is -2.71. The van der Waals surface area contributed by atoms with E-state index in [0.717, 1.165) is 44.1 Å². The summed E-state index contributed by atoms with van der Waals surface area (Å²) in [6.45, 7) is 24.1. The van der Waals surface area contributed by atoms with E-state index in [-0.39, 0.29) is 57.4 Å². The monoisotopic (exact) mass is 732 g/mol. The third kappa shape index (κ3) is 5.55. The lowest BCUT2D eigenvalue weighted by atomic mass is 9.34. The predicted octanol–water partition coefficient (Wildman–Crippen LogP) is 8.97. The van der Waals surface area contributed by atoms with Crippen LogP contribution in [0.1, 0.15) is 114 Å². The summed E-state index contributed by atoms with van der Waals surface area (Å²) in [4.78, 5) is 18.3. The number of hydrogen-bond acceptors (Lipinski definition) is 6. The molecule has 7 rings (SSSR count). The first kappa shape index (κ1) is 38.6. The molecule has 292 valence electrons. The van der Waals surface area contributed by atoms with Crippen LogP contribution in [-0.2, 0) is 14.3 Å². The smallest absolute Gasteiger partial charge is 0.307 e. The molecule has 0 spiro atoms. The van der Waals surface area contributed by atoms with E-state index in [2.05, 4.69) is 75.3 Å². The van der Waals surface area contributed by atoms with Crippen LogP contribution in [0.4, 0.5) is 4.39 Å². The van der Waals surface area contributed by atoms with Crippen LogP contribution in [0.15, 0.2) is 42.2 Å². The van der Waals surface area contributed by atoms with Gasteiger partial charge in [0.15, 0.2) is 5.82 Å². The molecule has 2 aromatic rings. The maximum Gasteiger partial charge on any atom is 0.307 e. The average molecular weight is 733 g/mol. The van der Waals surface area contributed by atoms with Gasteiger partial charge >= 0.3 is 5.97 Å². The predicted molar refractivity (Wildman–Crippen MR) is 205 cm³/mol. The van der Waals surface area contributed by atoms with Crippen molar-refractivity contribution < 1.29 is 23.8 Å². The van der Waals surface area contributed by atoms with E-state index in [0.29, 0.717) is 37.5 Å². The minimum absolute atomic E-state index is 0.181. The first-order chi connectivity index (χ1) is 24.8. The highest BCUT2D eigenvalue weighted by Crippen LogP contribution is 2.75. The Balaban J connectivity index is 1.35. The van der Waals surface area contributed by atoms with Crippen molar-refractivity contribution in [3.8, 4) is 11.4 Å². The third-order valence-electron chi connectivity index (χ3n) is 17.0. The van der Waals surface area contributed by atoms with Gasteiger partial charge in [0.2, 0.25) is 0 Å². The van der Waals surface area contributed by atoms with Gasteiger partial charge in [-0.25, -0.2) is 14.1 Å². The summed E-state index contributed by atoms with van der Waals surface area (Å²) in [6.07, 6.45) is 9.34. The summed E-state index contributed by atoms with van der Waals surface area (Å²) in [5.74, 6) is 0.792. The Morgan fingerprint density at radius 1 is 1.08 bits per heavy atom. The van der Waals surface area contributed by atoms with Crippen molar-refractivity contribution in [2.75, 3.05) is 19.8 Å². The second kappa shape index (κ2) is 13.0. The molecule has 2 heterocycles. The molecule has 5 aliphatic rings. The first-order valence-electron chi connectivity index (χ1n) is 20.3. The standard InChI is InChI=1S/C44H65FN4O4/c1-26(2)28(5)39(6)19-20-41(8)31-15-16-34-40(7)22-52-24-44(34,32(31)17-18-42(41,9)35(39)38(50)51)21-33(36(40)53-23-43(10,46)27(3)4)49-37(47-25-48-49)29-11-13-30(45)14-12-29/h11-14,17,25-28,31,33-36H,15-16,18-24,46H2,1-10H3,(H,50,51)/t28-,31+,33-,34+,35-,36+,39-,40-,41-,42+,43+,44+/m1/s1. The lowest BCUT2D eigenvalue weighted by Crippen LogP contribution is -2.69. The Kier molecular flexibility index (Phi) is 9.46. The van der Waals surface area contributed by atoms with Crippen LogP contribution >= 0.6 is 0 Å². The van der Waals surface area contributed by atoms with Crippen molar-refractivity contribution in [3.63, 3.8) is 0 Å². The molecule has 2 bridgehead atoms. The van der Waals surface area contributed by atoms with E-state index in [1.165, 1.54) is 17.7 Å². The number of fused-ring (bicyclic) bond motifs is 3. The minimum atomic E-state index is -0.642. The van der Waals surface area contributed by atoms with Crippen LogP contribution in [0.5, 0.6) is 0 Å². The number of benzene rings is 1. The number of aromatic nitrogens is 3. The van der Waals surface area contributed by atoms with Gasteiger partial charge in [-0.05, 0) is 116 Å². The van der Waals surface area contributed by atoms with Gasteiger partial charge in [0, 0.05) is 21.9 Å². The normalized spacial score (nSPS) is 41.2. The van der Waals surface area contributed by atoms with E-state index in [1.807, 2.05) is 4.68 Å². The second-order valence-electron chi connectivity index (χ2n) is 20.0. The SMILES string of the molecule is CC(C)[C@@H](C)[C@@]1(C)CC[C@]2(C)[C@H]3CC[C@@H]4[C@@]5(COC[C@@]4(C)[C@@H](OC[C@](C)(N)C(C)C)[C@H](n4ncnc4-c4ccc(F)cc4)C5)C3=CC[C@@]2(C)[C@@H]1C(=O)O. The summed E-state index contributed by atoms with van der Waals surface area (Å²) in [5.41, 5.74) is 7.12. The summed E-state index contributed by atoms with van der Waals surface area (Å²) < 4.78 is 30.0. The Labute approximate surface area is 316 Å². The summed E-state index contributed by atoms with van der Waals surface area (Å²) in [5, 5.41) is 16.0. The Morgan fingerprint density at radius 2 is 1.77 bits per heavy atom. The molecule has 0 unspecified atom stereocenters. The summed E-state index contributed by atoms with van der Waals surface area (Å²) in [7, 11) is 0. The van der Waals surface area contributed by atoms with Gasteiger partial charge in [-0.1, -0.05) is 74.0 Å². The average Bonchev–Trinajstić information content (AvgIpc) is 3.57. The van der Waals surface area contributed by atoms with Crippen LogP contribution in [0.2, 0.25) is 0 Å². The zero-order valence-corrected chi connectivity index (χ0v) is 33.9. The molecule has 3 saturated carbocycles. The van der Waals surface area contributed by atoms with Gasteiger partial charge in [0.25, 0.3) is 0 Å². The van der Waals surface area contributed by atoms with Crippen molar-refractivity contribution in [2.24, 2.45) is 68.3 Å². The molecule has 0 amide bonds. The van der Waals surface area contributed by atoms with Crippen LogP contribution in [0.25, 0.3) is 11.4 Å². The lowest BCUT2D eigenvalue weighted by molar-refractivity contribution is -0.252. The van der Waals surface area contributed by atoms with Crippen LogP contribution in [0.3, 0.4) is 0 Å². The number of carboxylic acid groups (broad SMARTS) is 1. The highest BCUT2D eigenvalue weighted by Gasteiger charge is 2.72. The molecule has 3 N–H and O–H groups in total. The van der Waals surface area contributed by atoms with Crippen LogP contribution in [-0.4, -0.2) is 57.3 Å². The number of halogens is 1. The van der Waals surface area contributed by atoms with Crippen molar-refractivity contribution in [2.45, 2.75) is 125 Å². The Bertz CT molecular complexity index is 1740. The molecule has 4 aliphatic carbocycles. The van der Waals surface area contributed by atoms with E-state index in [9.17, 15) is 14.3 Å². The maximum absolute atomic E-state index is 14.1. The van der Waals surface area contributed by atoms with Gasteiger partial charge in [0.1, 0.15) is 12.1 Å². The molecule has 1 aliphatic heterocycles. The molecule has 12 atom stereocenters. The zero-order valence-electron chi connectivity index (χ0n) is 33.9. The first-order valence-corrected chi connectivity index (χ1v) is 20.3. The number of hydrogen-bond donors (Lipinski definition) is 2. The molecule has 0 radical (unpaired) electrons.